The number of methoxy groups -OCH3 is 1. The Morgan fingerprint density at radius 2 is 2.05 bits per heavy atom. The zero-order valence-electron chi connectivity index (χ0n) is 11.7. The van der Waals surface area contributed by atoms with Gasteiger partial charge in [0.15, 0.2) is 11.6 Å². The third-order valence-electron chi connectivity index (χ3n) is 3.11. The predicted molar refractivity (Wildman–Crippen MR) is 80.8 cm³/mol. The van der Waals surface area contributed by atoms with E-state index in [1.807, 2.05) is 18.2 Å². The first-order valence-electron chi connectivity index (χ1n) is 6.57. The molecule has 5 heteroatoms. The summed E-state index contributed by atoms with van der Waals surface area (Å²) in [5.74, 6) is -0.528. The van der Waals surface area contributed by atoms with Crippen molar-refractivity contribution >= 4 is 17.3 Å². The Hall–Kier alpha value is -2.56. The molecule has 0 saturated heterocycles. The number of benzene rings is 2. The Bertz CT molecular complexity index is 644. The van der Waals surface area contributed by atoms with Crippen LogP contribution >= 0.6 is 0 Å². The fourth-order valence-corrected chi connectivity index (χ4v) is 1.97. The number of anilines is 2. The zero-order chi connectivity index (χ0) is 15.2. The summed E-state index contributed by atoms with van der Waals surface area (Å²) in [5.41, 5.74) is 7.93. The molecule has 0 radical (unpaired) electrons. The number of hydrogen-bond donors (Lipinski definition) is 2. The number of nitrogens with two attached hydrogens (primary N) is 1. The number of carbonyl (C=O) groups is 1. The Balaban J connectivity index is 1.94. The first-order valence-corrected chi connectivity index (χ1v) is 6.57. The molecule has 2 rings (SSSR count). The Morgan fingerprint density at radius 1 is 1.29 bits per heavy atom. The van der Waals surface area contributed by atoms with Gasteiger partial charge in [-0.05, 0) is 30.2 Å². The highest BCUT2D eigenvalue weighted by Gasteiger charge is 2.08. The molecule has 0 unspecified atom stereocenters. The van der Waals surface area contributed by atoms with Gasteiger partial charge in [0.25, 0.3) is 0 Å². The molecule has 0 saturated carbocycles. The monoisotopic (exact) mass is 288 g/mol. The minimum absolute atomic E-state index is 0.0973. The predicted octanol–water partition coefficient (Wildman–Crippen LogP) is 2.99. The molecule has 0 atom stereocenters. The van der Waals surface area contributed by atoms with Crippen LogP contribution in [0.2, 0.25) is 0 Å². The second-order valence-electron chi connectivity index (χ2n) is 4.60. The van der Waals surface area contributed by atoms with Gasteiger partial charge in [0.2, 0.25) is 5.91 Å². The van der Waals surface area contributed by atoms with E-state index in [4.69, 9.17) is 10.5 Å². The number of hydrogen-bond acceptors (Lipinski definition) is 3. The van der Waals surface area contributed by atoms with E-state index in [2.05, 4.69) is 5.32 Å². The number of aryl methyl sites for hydroxylation is 1. The standard InChI is InChI=1S/C16H17FN2O2/c1-21-15-10-12(7-8-13(15)17)19-16(20)9-6-11-4-2-3-5-14(11)18/h2-5,7-8,10H,6,9,18H2,1H3,(H,19,20). The molecule has 0 aliphatic heterocycles. The van der Waals surface area contributed by atoms with Gasteiger partial charge < -0.3 is 15.8 Å². The fraction of sp³-hybridized carbons (Fsp3) is 0.188. The van der Waals surface area contributed by atoms with E-state index in [1.165, 1.54) is 25.3 Å². The van der Waals surface area contributed by atoms with Crippen molar-refractivity contribution in [3.8, 4) is 5.75 Å². The molecule has 0 spiro atoms. The first-order chi connectivity index (χ1) is 10.1. The molecule has 0 aliphatic rings. The highest BCUT2D eigenvalue weighted by atomic mass is 19.1. The van der Waals surface area contributed by atoms with Crippen molar-refractivity contribution < 1.29 is 13.9 Å². The van der Waals surface area contributed by atoms with Crippen molar-refractivity contribution in [1.82, 2.24) is 0 Å². The van der Waals surface area contributed by atoms with Crippen molar-refractivity contribution in [3.63, 3.8) is 0 Å². The molecule has 0 fully saturated rings. The van der Waals surface area contributed by atoms with Gasteiger partial charge in [0.05, 0.1) is 7.11 Å². The third-order valence-corrected chi connectivity index (χ3v) is 3.11. The van der Waals surface area contributed by atoms with Crippen LogP contribution in [0.25, 0.3) is 0 Å². The highest BCUT2D eigenvalue weighted by Crippen LogP contribution is 2.21. The molecular formula is C16H17FN2O2. The van der Waals surface area contributed by atoms with Crippen LogP contribution in [0, 0.1) is 5.82 Å². The number of amides is 1. The van der Waals surface area contributed by atoms with Crippen LogP contribution in [0.15, 0.2) is 42.5 Å². The van der Waals surface area contributed by atoms with Gasteiger partial charge in [0, 0.05) is 23.9 Å². The third kappa shape index (κ3) is 3.95. The number of nitrogen functional groups attached to an aromatic ring is 1. The summed E-state index contributed by atoms with van der Waals surface area (Å²) < 4.78 is 18.1. The number of para-hydroxylation sites is 1. The topological polar surface area (TPSA) is 64.3 Å². The van der Waals surface area contributed by atoms with Gasteiger partial charge in [-0.2, -0.15) is 0 Å². The van der Waals surface area contributed by atoms with E-state index < -0.39 is 5.82 Å². The van der Waals surface area contributed by atoms with Crippen molar-refractivity contribution in [2.45, 2.75) is 12.8 Å². The average molecular weight is 288 g/mol. The van der Waals surface area contributed by atoms with Crippen molar-refractivity contribution in [1.29, 1.82) is 0 Å². The Kier molecular flexibility index (Phi) is 4.77. The first kappa shape index (κ1) is 14.8. The van der Waals surface area contributed by atoms with E-state index in [0.717, 1.165) is 5.56 Å². The minimum atomic E-state index is -0.465. The molecule has 3 N–H and O–H groups in total. The maximum Gasteiger partial charge on any atom is 0.224 e. The minimum Gasteiger partial charge on any atom is -0.494 e. The molecule has 0 aromatic heterocycles. The summed E-state index contributed by atoms with van der Waals surface area (Å²) in [5, 5.41) is 2.71. The summed E-state index contributed by atoms with van der Waals surface area (Å²) in [6, 6.07) is 11.6. The van der Waals surface area contributed by atoms with E-state index in [1.54, 1.807) is 6.07 Å². The van der Waals surface area contributed by atoms with Crippen LogP contribution < -0.4 is 15.8 Å². The van der Waals surface area contributed by atoms with Gasteiger partial charge in [-0.15, -0.1) is 0 Å². The molecule has 1 amide bonds. The van der Waals surface area contributed by atoms with Crippen LogP contribution in [0.5, 0.6) is 5.75 Å². The van der Waals surface area contributed by atoms with Crippen molar-refractivity contribution in [2.24, 2.45) is 0 Å². The number of rotatable bonds is 5. The molecule has 0 heterocycles. The maximum absolute atomic E-state index is 13.3. The van der Waals surface area contributed by atoms with Crippen LogP contribution in [-0.2, 0) is 11.2 Å². The molecule has 110 valence electrons. The van der Waals surface area contributed by atoms with E-state index in [-0.39, 0.29) is 11.7 Å². The summed E-state index contributed by atoms with van der Waals surface area (Å²) in [7, 11) is 1.38. The molecule has 21 heavy (non-hydrogen) atoms. The molecule has 4 nitrogen and oxygen atoms in total. The highest BCUT2D eigenvalue weighted by molar-refractivity contribution is 5.91. The second-order valence-corrected chi connectivity index (χ2v) is 4.60. The van der Waals surface area contributed by atoms with Gasteiger partial charge in [-0.3, -0.25) is 4.79 Å². The molecule has 2 aromatic rings. The smallest absolute Gasteiger partial charge is 0.224 e. The van der Waals surface area contributed by atoms with Gasteiger partial charge in [-0.1, -0.05) is 18.2 Å². The lowest BCUT2D eigenvalue weighted by Crippen LogP contribution is -2.13. The van der Waals surface area contributed by atoms with Crippen LogP contribution in [0.1, 0.15) is 12.0 Å². The van der Waals surface area contributed by atoms with Crippen molar-refractivity contribution in [2.75, 3.05) is 18.2 Å². The largest absolute Gasteiger partial charge is 0.494 e. The number of ether oxygens (including phenoxy) is 1. The van der Waals surface area contributed by atoms with Crippen LogP contribution in [-0.4, -0.2) is 13.0 Å². The average Bonchev–Trinajstić information content (AvgIpc) is 2.48. The molecule has 0 aliphatic carbocycles. The fourth-order valence-electron chi connectivity index (χ4n) is 1.97. The summed E-state index contributed by atoms with van der Waals surface area (Å²) in [6.07, 6.45) is 0.852. The van der Waals surface area contributed by atoms with Gasteiger partial charge in [0.1, 0.15) is 0 Å². The lowest BCUT2D eigenvalue weighted by molar-refractivity contribution is -0.116. The van der Waals surface area contributed by atoms with Crippen LogP contribution in [0.4, 0.5) is 15.8 Å². The van der Waals surface area contributed by atoms with Gasteiger partial charge in [-0.25, -0.2) is 4.39 Å². The Morgan fingerprint density at radius 3 is 2.76 bits per heavy atom. The van der Waals surface area contributed by atoms with Crippen LogP contribution in [0.3, 0.4) is 0 Å². The second kappa shape index (κ2) is 6.74. The summed E-state index contributed by atoms with van der Waals surface area (Å²) in [6.45, 7) is 0. The maximum atomic E-state index is 13.3. The SMILES string of the molecule is COc1cc(NC(=O)CCc2ccccc2N)ccc1F. The van der Waals surface area contributed by atoms with Crippen molar-refractivity contribution in [3.05, 3.63) is 53.8 Å². The molecule has 2 aromatic carbocycles. The lowest BCUT2D eigenvalue weighted by atomic mass is 10.1. The Labute approximate surface area is 122 Å². The lowest BCUT2D eigenvalue weighted by Gasteiger charge is -2.08. The van der Waals surface area contributed by atoms with Gasteiger partial charge >= 0.3 is 0 Å². The quantitative estimate of drug-likeness (QED) is 0.831. The number of carbonyl (C=O) groups excluding carboxylic acids is 1. The normalized spacial score (nSPS) is 10.2. The molecule has 0 bridgehead atoms. The number of nitrogens with one attached hydrogen (secondary N) is 1. The summed E-state index contributed by atoms with van der Waals surface area (Å²) in [4.78, 5) is 11.9. The zero-order valence-corrected chi connectivity index (χ0v) is 11.7. The summed E-state index contributed by atoms with van der Waals surface area (Å²) >= 11 is 0. The van der Waals surface area contributed by atoms with E-state index in [0.29, 0.717) is 24.2 Å². The van der Waals surface area contributed by atoms with E-state index >= 15 is 0 Å². The number of halogens is 1. The molecular weight excluding hydrogens is 271 g/mol. The van der Waals surface area contributed by atoms with E-state index in [9.17, 15) is 9.18 Å².